The minimum Gasteiger partial charge on any atom is -0.358 e. The Hall–Kier alpha value is -1.10. The molecular formula is C10H21N3O2. The van der Waals surface area contributed by atoms with Crippen LogP contribution < -0.4 is 10.6 Å². The van der Waals surface area contributed by atoms with Gasteiger partial charge >= 0.3 is 0 Å². The molecule has 0 aliphatic rings. The predicted molar refractivity (Wildman–Crippen MR) is 59.4 cm³/mol. The van der Waals surface area contributed by atoms with Crippen molar-refractivity contribution in [1.29, 1.82) is 0 Å². The van der Waals surface area contributed by atoms with Crippen LogP contribution in [0.1, 0.15) is 13.8 Å². The van der Waals surface area contributed by atoms with Crippen LogP contribution in [0, 0.1) is 5.92 Å². The van der Waals surface area contributed by atoms with Crippen molar-refractivity contribution in [1.82, 2.24) is 15.5 Å². The fourth-order valence-electron chi connectivity index (χ4n) is 1.20. The fraction of sp³-hybridized carbons (Fsp3) is 0.800. The maximum atomic E-state index is 11.7. The lowest BCUT2D eigenvalue weighted by Gasteiger charge is -2.20. The molecule has 5 heteroatoms. The van der Waals surface area contributed by atoms with Gasteiger partial charge in [0.1, 0.15) is 0 Å². The quantitative estimate of drug-likeness (QED) is 0.624. The molecule has 0 aromatic heterocycles. The van der Waals surface area contributed by atoms with Gasteiger partial charge in [0.2, 0.25) is 11.8 Å². The average Bonchev–Trinajstić information content (AvgIpc) is 2.24. The summed E-state index contributed by atoms with van der Waals surface area (Å²) in [7, 11) is 3.20. The van der Waals surface area contributed by atoms with E-state index in [1.54, 1.807) is 14.1 Å². The monoisotopic (exact) mass is 215 g/mol. The molecule has 1 atom stereocenters. The summed E-state index contributed by atoms with van der Waals surface area (Å²) in [5.41, 5.74) is 0. The van der Waals surface area contributed by atoms with Gasteiger partial charge in [-0.05, 0) is 6.54 Å². The third-order valence-corrected chi connectivity index (χ3v) is 2.16. The van der Waals surface area contributed by atoms with Crippen molar-refractivity contribution in [2.24, 2.45) is 5.92 Å². The lowest BCUT2D eigenvalue weighted by atomic mass is 10.1. The first-order valence-corrected chi connectivity index (χ1v) is 5.19. The normalized spacial score (nSPS) is 12.0. The number of hydrogen-bond acceptors (Lipinski definition) is 3. The van der Waals surface area contributed by atoms with Gasteiger partial charge < -0.3 is 15.5 Å². The smallest absolute Gasteiger partial charge is 0.239 e. The minimum atomic E-state index is -0.151. The molecule has 0 aromatic carbocycles. The van der Waals surface area contributed by atoms with Crippen LogP contribution >= 0.6 is 0 Å². The summed E-state index contributed by atoms with van der Waals surface area (Å²) in [6, 6.07) is 0. The number of amides is 2. The van der Waals surface area contributed by atoms with Crippen LogP contribution in [-0.4, -0.2) is 50.4 Å². The van der Waals surface area contributed by atoms with E-state index in [0.717, 1.165) is 6.54 Å². The molecule has 5 nitrogen and oxygen atoms in total. The van der Waals surface area contributed by atoms with Crippen molar-refractivity contribution in [3.8, 4) is 0 Å². The molecule has 2 N–H and O–H groups in total. The Labute approximate surface area is 91.2 Å². The van der Waals surface area contributed by atoms with E-state index >= 15 is 0 Å². The van der Waals surface area contributed by atoms with Gasteiger partial charge in [0.15, 0.2) is 0 Å². The van der Waals surface area contributed by atoms with E-state index in [1.165, 1.54) is 4.90 Å². The number of rotatable bonds is 6. The molecule has 88 valence electrons. The van der Waals surface area contributed by atoms with Crippen molar-refractivity contribution in [3.05, 3.63) is 0 Å². The summed E-state index contributed by atoms with van der Waals surface area (Å²) in [6.45, 7) is 5.45. The van der Waals surface area contributed by atoms with Crippen LogP contribution in [-0.2, 0) is 9.59 Å². The lowest BCUT2D eigenvalue weighted by molar-refractivity contribution is -0.137. The molecule has 0 rings (SSSR count). The molecule has 0 aliphatic heterocycles. The second-order valence-electron chi connectivity index (χ2n) is 3.58. The number of nitrogens with one attached hydrogen (secondary N) is 2. The van der Waals surface area contributed by atoms with Crippen LogP contribution in [0.3, 0.4) is 0 Å². The molecule has 0 heterocycles. The Morgan fingerprint density at radius 2 is 2.00 bits per heavy atom. The van der Waals surface area contributed by atoms with E-state index in [1.807, 2.05) is 13.8 Å². The highest BCUT2D eigenvalue weighted by Gasteiger charge is 2.18. The van der Waals surface area contributed by atoms with E-state index in [4.69, 9.17) is 0 Å². The van der Waals surface area contributed by atoms with Crippen molar-refractivity contribution in [2.75, 3.05) is 33.7 Å². The van der Waals surface area contributed by atoms with E-state index in [2.05, 4.69) is 10.6 Å². The minimum absolute atomic E-state index is 0.0143. The number of likely N-dealkylation sites (N-methyl/N-ethyl adjacent to an activating group) is 2. The van der Waals surface area contributed by atoms with Gasteiger partial charge in [0.25, 0.3) is 0 Å². The second kappa shape index (κ2) is 7.23. The summed E-state index contributed by atoms with van der Waals surface area (Å²) in [6.07, 6.45) is 0. The van der Waals surface area contributed by atoms with E-state index in [0.29, 0.717) is 6.54 Å². The van der Waals surface area contributed by atoms with Crippen LogP contribution in [0.2, 0.25) is 0 Å². The Balaban J connectivity index is 4.01. The molecule has 0 bridgehead atoms. The zero-order valence-electron chi connectivity index (χ0n) is 9.96. The molecule has 0 fully saturated rings. The third-order valence-electron chi connectivity index (χ3n) is 2.16. The van der Waals surface area contributed by atoms with E-state index in [-0.39, 0.29) is 24.3 Å². The Morgan fingerprint density at radius 1 is 1.40 bits per heavy atom. The van der Waals surface area contributed by atoms with Crippen LogP contribution in [0.15, 0.2) is 0 Å². The molecule has 0 aliphatic carbocycles. The summed E-state index contributed by atoms with van der Waals surface area (Å²) in [5.74, 6) is -0.263. The predicted octanol–water partition coefficient (Wildman–Crippen LogP) is -0.564. The number of hydrogen-bond donors (Lipinski definition) is 2. The highest BCUT2D eigenvalue weighted by atomic mass is 16.2. The Morgan fingerprint density at radius 3 is 2.47 bits per heavy atom. The molecule has 0 saturated heterocycles. The van der Waals surface area contributed by atoms with Crippen molar-refractivity contribution in [3.63, 3.8) is 0 Å². The number of carbonyl (C=O) groups is 2. The second-order valence-corrected chi connectivity index (χ2v) is 3.58. The van der Waals surface area contributed by atoms with Crippen LogP contribution in [0.25, 0.3) is 0 Å². The number of nitrogens with zero attached hydrogens (tertiary/aromatic N) is 1. The maximum absolute atomic E-state index is 11.7. The topological polar surface area (TPSA) is 61.4 Å². The van der Waals surface area contributed by atoms with E-state index < -0.39 is 0 Å². The molecule has 15 heavy (non-hydrogen) atoms. The Kier molecular flexibility index (Phi) is 6.70. The largest absolute Gasteiger partial charge is 0.358 e. The lowest BCUT2D eigenvalue weighted by Crippen LogP contribution is -2.41. The van der Waals surface area contributed by atoms with Crippen LogP contribution in [0.4, 0.5) is 0 Å². The van der Waals surface area contributed by atoms with Gasteiger partial charge in [-0.25, -0.2) is 0 Å². The Bertz CT molecular complexity index is 219. The molecule has 0 saturated carbocycles. The highest BCUT2D eigenvalue weighted by Crippen LogP contribution is 1.99. The standard InChI is InChI=1S/C10H21N3O2/c1-5-12-6-8(2)10(15)13(4)7-9(14)11-3/h8,12H,5-7H2,1-4H3,(H,11,14). The molecule has 0 spiro atoms. The summed E-state index contributed by atoms with van der Waals surface area (Å²) >= 11 is 0. The van der Waals surface area contributed by atoms with E-state index in [9.17, 15) is 9.59 Å². The molecule has 1 unspecified atom stereocenters. The van der Waals surface area contributed by atoms with Gasteiger partial charge in [-0.3, -0.25) is 9.59 Å². The highest BCUT2D eigenvalue weighted by molar-refractivity contribution is 5.85. The first-order valence-electron chi connectivity index (χ1n) is 5.19. The average molecular weight is 215 g/mol. The molecule has 2 amide bonds. The fourth-order valence-corrected chi connectivity index (χ4v) is 1.20. The van der Waals surface area contributed by atoms with Crippen molar-refractivity contribution in [2.45, 2.75) is 13.8 Å². The van der Waals surface area contributed by atoms with Gasteiger partial charge in [-0.1, -0.05) is 13.8 Å². The third kappa shape index (κ3) is 5.37. The van der Waals surface area contributed by atoms with Crippen LogP contribution in [0.5, 0.6) is 0 Å². The van der Waals surface area contributed by atoms with Gasteiger partial charge in [0, 0.05) is 26.6 Å². The van der Waals surface area contributed by atoms with Gasteiger partial charge in [-0.15, -0.1) is 0 Å². The van der Waals surface area contributed by atoms with Gasteiger partial charge in [-0.2, -0.15) is 0 Å². The zero-order valence-corrected chi connectivity index (χ0v) is 9.96. The molecular weight excluding hydrogens is 194 g/mol. The van der Waals surface area contributed by atoms with Crippen molar-refractivity contribution >= 4 is 11.8 Å². The summed E-state index contributed by atoms with van der Waals surface area (Å²) in [5, 5.41) is 5.59. The zero-order chi connectivity index (χ0) is 11.8. The summed E-state index contributed by atoms with van der Waals surface area (Å²) < 4.78 is 0. The SMILES string of the molecule is CCNCC(C)C(=O)N(C)CC(=O)NC. The van der Waals surface area contributed by atoms with Gasteiger partial charge in [0.05, 0.1) is 6.54 Å². The molecule has 0 aromatic rings. The van der Waals surface area contributed by atoms with Crippen molar-refractivity contribution < 1.29 is 9.59 Å². The first-order chi connectivity index (χ1) is 7.02. The first kappa shape index (κ1) is 13.9. The molecule has 0 radical (unpaired) electrons. The number of carbonyl (C=O) groups excluding carboxylic acids is 2. The summed E-state index contributed by atoms with van der Waals surface area (Å²) in [4.78, 5) is 24.2. The maximum Gasteiger partial charge on any atom is 0.239 e.